The first-order valence-electron chi connectivity index (χ1n) is 21.3. The van der Waals surface area contributed by atoms with Crippen LogP contribution in [0.2, 0.25) is 0 Å². The van der Waals surface area contributed by atoms with Gasteiger partial charge in [-0.05, 0) is 89.1 Å². The number of halogens is 1. The first-order chi connectivity index (χ1) is 27.8. The second-order valence-electron chi connectivity index (χ2n) is 17.3. The van der Waals surface area contributed by atoms with E-state index >= 15 is 0 Å². The predicted octanol–water partition coefficient (Wildman–Crippen LogP) is 7.15. The molecule has 1 unspecified atom stereocenters. The molecule has 0 saturated carbocycles. The maximum absolute atomic E-state index is 14.9. The number of anilines is 1. The molecule has 6 atom stereocenters. The number of ether oxygens (including phenoxy) is 1. The Balaban J connectivity index is 1.95. The monoisotopic (exact) mass is 844 g/mol. The minimum atomic E-state index is -1.22. The number of benzene rings is 1. The predicted molar refractivity (Wildman–Crippen MR) is 229 cm³/mol. The smallest absolute Gasteiger partial charge is 0.309 e. The molecule has 1 aromatic heterocycles. The van der Waals surface area contributed by atoms with Crippen LogP contribution < -0.4 is 16.4 Å². The summed E-state index contributed by atoms with van der Waals surface area (Å²) in [5.41, 5.74) is 5.00. The van der Waals surface area contributed by atoms with Crippen LogP contribution in [0.3, 0.4) is 0 Å². The maximum Gasteiger partial charge on any atom is 0.309 e. The molecule has 0 spiro atoms. The fourth-order valence-corrected chi connectivity index (χ4v) is 8.54. The largest absolute Gasteiger partial charge is 0.481 e. The second kappa shape index (κ2) is 23.0. The van der Waals surface area contributed by atoms with E-state index in [-0.39, 0.29) is 60.3 Å². The molecule has 1 aliphatic heterocycles. The molecule has 15 heteroatoms. The molecule has 3 amide bonds. The van der Waals surface area contributed by atoms with E-state index < -0.39 is 53.3 Å². The van der Waals surface area contributed by atoms with Crippen molar-refractivity contribution in [1.29, 1.82) is 0 Å². The molecule has 13 nitrogen and oxygen atoms in total. The lowest BCUT2D eigenvalue weighted by molar-refractivity contribution is -0.150. The van der Waals surface area contributed by atoms with E-state index in [2.05, 4.69) is 27.4 Å². The number of carboxylic acids is 1. The fourth-order valence-electron chi connectivity index (χ4n) is 7.70. The lowest BCUT2D eigenvalue weighted by Crippen LogP contribution is -2.59. The first-order valence-corrected chi connectivity index (χ1v) is 22.2. The zero-order valence-corrected chi connectivity index (χ0v) is 37.5. The minimum absolute atomic E-state index is 0.0222. The summed E-state index contributed by atoms with van der Waals surface area (Å²) in [6, 6.07) is 2.15. The Morgan fingerprint density at radius 2 is 1.81 bits per heavy atom. The molecule has 0 bridgehead atoms. The van der Waals surface area contributed by atoms with Gasteiger partial charge in [0, 0.05) is 37.4 Å². The topological polar surface area (TPSA) is 184 Å². The van der Waals surface area contributed by atoms with Crippen molar-refractivity contribution in [3.63, 3.8) is 0 Å². The highest BCUT2D eigenvalue weighted by atomic mass is 32.1. The molecule has 2 heterocycles. The Morgan fingerprint density at radius 3 is 2.41 bits per heavy atom. The van der Waals surface area contributed by atoms with Crippen LogP contribution in [-0.4, -0.2) is 93.9 Å². The molecule has 3 rings (SSSR count). The third-order valence-electron chi connectivity index (χ3n) is 11.6. The van der Waals surface area contributed by atoms with Gasteiger partial charge in [-0.25, -0.2) is 9.37 Å². The maximum atomic E-state index is 14.9. The van der Waals surface area contributed by atoms with Crippen molar-refractivity contribution in [3.05, 3.63) is 45.7 Å². The summed E-state index contributed by atoms with van der Waals surface area (Å²) in [5.74, 6) is -3.31. The van der Waals surface area contributed by atoms with Gasteiger partial charge in [-0.2, -0.15) is 0 Å². The number of carbonyl (C=O) groups excluding carboxylic acids is 4. The van der Waals surface area contributed by atoms with Gasteiger partial charge in [-0.15, -0.1) is 11.3 Å². The van der Waals surface area contributed by atoms with Gasteiger partial charge in [0.25, 0.3) is 5.91 Å². The van der Waals surface area contributed by atoms with Gasteiger partial charge in [-0.1, -0.05) is 72.8 Å². The molecular formula is C44H69FN6O7S. The van der Waals surface area contributed by atoms with Crippen LogP contribution in [0.15, 0.2) is 23.6 Å². The van der Waals surface area contributed by atoms with Crippen molar-refractivity contribution in [3.8, 4) is 0 Å². The van der Waals surface area contributed by atoms with Crippen LogP contribution in [0.1, 0.15) is 147 Å². The summed E-state index contributed by atoms with van der Waals surface area (Å²) >= 11 is 1.15. The van der Waals surface area contributed by atoms with Crippen molar-refractivity contribution < 1.29 is 38.2 Å². The average molecular weight is 845 g/mol. The summed E-state index contributed by atoms with van der Waals surface area (Å²) in [7, 11) is 1.95. The number of carbonyl (C=O) groups is 5. The lowest BCUT2D eigenvalue weighted by Gasteiger charge is -2.40. The van der Waals surface area contributed by atoms with Crippen LogP contribution >= 0.6 is 11.3 Å². The van der Waals surface area contributed by atoms with Gasteiger partial charge in [0.2, 0.25) is 11.8 Å². The molecule has 59 heavy (non-hydrogen) atoms. The molecular weight excluding hydrogens is 776 g/mol. The number of esters is 1. The molecule has 1 aromatic carbocycles. The van der Waals surface area contributed by atoms with Gasteiger partial charge < -0.3 is 31.1 Å². The van der Waals surface area contributed by atoms with Gasteiger partial charge in [0.15, 0.2) is 6.10 Å². The van der Waals surface area contributed by atoms with Crippen molar-refractivity contribution in [2.24, 2.45) is 17.3 Å². The van der Waals surface area contributed by atoms with Crippen molar-refractivity contribution in [1.82, 2.24) is 25.4 Å². The van der Waals surface area contributed by atoms with Gasteiger partial charge in [-0.3, -0.25) is 28.9 Å². The minimum Gasteiger partial charge on any atom is -0.481 e. The number of rotatable bonds is 23. The summed E-state index contributed by atoms with van der Waals surface area (Å²) < 4.78 is 20.2. The average Bonchev–Trinajstić information content (AvgIpc) is 3.67. The van der Waals surface area contributed by atoms with E-state index in [9.17, 15) is 33.5 Å². The number of amides is 3. The van der Waals surface area contributed by atoms with Crippen LogP contribution in [-0.2, 0) is 30.3 Å². The number of thiazole rings is 1. The Hall–Kier alpha value is -4.11. The van der Waals surface area contributed by atoms with Crippen molar-refractivity contribution in [2.45, 2.75) is 156 Å². The number of likely N-dealkylation sites (tertiary alicyclic amines) is 1. The fraction of sp³-hybridized carbons (Fsp3) is 0.682. The van der Waals surface area contributed by atoms with E-state index in [1.807, 2.05) is 39.6 Å². The Kier molecular flexibility index (Phi) is 19.2. The number of aromatic nitrogens is 1. The zero-order chi connectivity index (χ0) is 44.0. The number of hydrogen-bond acceptors (Lipinski definition) is 10. The zero-order valence-electron chi connectivity index (χ0n) is 36.6. The van der Waals surface area contributed by atoms with E-state index in [1.165, 1.54) is 19.1 Å². The molecule has 0 aliphatic carbocycles. The van der Waals surface area contributed by atoms with Crippen LogP contribution in [0.25, 0.3) is 0 Å². The highest BCUT2D eigenvalue weighted by Gasteiger charge is 2.39. The molecule has 330 valence electrons. The van der Waals surface area contributed by atoms with Gasteiger partial charge in [0.05, 0.1) is 17.1 Å². The van der Waals surface area contributed by atoms with E-state index in [4.69, 9.17) is 10.5 Å². The number of carboxylic acid groups (broad SMARTS) is 1. The Bertz CT molecular complexity index is 1720. The summed E-state index contributed by atoms with van der Waals surface area (Å²) in [4.78, 5) is 75.6. The van der Waals surface area contributed by atoms with Gasteiger partial charge in [0.1, 0.15) is 22.6 Å². The Morgan fingerprint density at radius 1 is 1.10 bits per heavy atom. The number of likely N-dealkylation sites (N-methyl/N-ethyl adjacent to an activating group) is 1. The summed E-state index contributed by atoms with van der Waals surface area (Å²) in [5, 5.41) is 17.9. The standard InChI is InChI=1S/C44H69FN6O7S/c1-10-12-13-15-21-51(42(55)38(28(5)11-2)49-40(54)35-17-14-16-20-50(35)9)36(27(3)4)24-37(58-29(6)52)41-48-34(26-59-41)39(53)47-31(25-44(7,8)43(56)57)22-30-18-19-33(46)32(45)23-30/h18-19,23,26-28,31,35-38H,10-17,20-22,24-25,46H2,1-9H3,(H,47,53)(H,49,54)(H,56,57)/t28-,31+,35?,36+,37+,38-/m0/s1. The number of nitrogens with zero attached hydrogens (tertiary/aromatic N) is 3. The second-order valence-corrected chi connectivity index (χ2v) is 18.2. The van der Waals surface area contributed by atoms with Crippen LogP contribution in [0.4, 0.5) is 10.1 Å². The lowest BCUT2D eigenvalue weighted by atomic mass is 9.84. The van der Waals surface area contributed by atoms with Gasteiger partial charge >= 0.3 is 11.9 Å². The number of nitrogens with two attached hydrogens (primary N) is 1. The molecule has 2 aromatic rings. The van der Waals surface area contributed by atoms with Crippen LogP contribution in [0, 0.1) is 23.1 Å². The number of aliphatic carboxylic acids is 1. The van der Waals surface area contributed by atoms with E-state index in [0.29, 0.717) is 23.5 Å². The Labute approximate surface area is 354 Å². The molecule has 0 radical (unpaired) electrons. The highest BCUT2D eigenvalue weighted by molar-refractivity contribution is 7.09. The number of hydrogen-bond donors (Lipinski definition) is 4. The molecule has 1 fully saturated rings. The normalized spacial score (nSPS) is 17.4. The highest BCUT2D eigenvalue weighted by Crippen LogP contribution is 2.32. The SMILES string of the molecule is CCCCCCN(C(=O)[C@@H](NC(=O)C1CCCCN1C)[C@@H](C)CC)[C@H](C[C@@H](OC(C)=O)c1nc(C(=O)N[C@H](Cc2ccc(N)c(F)c2)CC(C)(C)C(=O)O)cs1)C(C)C. The first kappa shape index (κ1) is 49.3. The number of unbranched alkanes of at least 4 members (excludes halogenated alkanes) is 3. The van der Waals surface area contributed by atoms with E-state index in [1.54, 1.807) is 25.3 Å². The summed E-state index contributed by atoms with van der Waals surface area (Å²) in [6.07, 6.45) is 6.61. The molecule has 5 N–H and O–H groups in total. The molecule has 1 aliphatic rings. The van der Waals surface area contributed by atoms with Crippen molar-refractivity contribution >= 4 is 46.7 Å². The summed E-state index contributed by atoms with van der Waals surface area (Å²) in [6.45, 7) is 15.8. The third kappa shape index (κ3) is 14.5. The number of nitrogen functional groups attached to an aromatic ring is 1. The van der Waals surface area contributed by atoms with Crippen molar-refractivity contribution in [2.75, 3.05) is 25.9 Å². The number of piperidine rings is 1. The van der Waals surface area contributed by atoms with E-state index in [0.717, 1.165) is 62.8 Å². The third-order valence-corrected chi connectivity index (χ3v) is 12.5. The quantitative estimate of drug-likeness (QED) is 0.0509. The number of nitrogens with one attached hydrogen (secondary N) is 2. The van der Waals surface area contributed by atoms with Crippen LogP contribution in [0.5, 0.6) is 0 Å². The molecule has 1 saturated heterocycles.